The number of rotatable bonds is 7. The maximum Gasteiger partial charge on any atom is 0.236 e. The van der Waals surface area contributed by atoms with Gasteiger partial charge in [0.05, 0.1) is 13.2 Å². The Morgan fingerprint density at radius 1 is 0.774 bits per heavy atom. The van der Waals surface area contributed by atoms with E-state index >= 15 is 0 Å². The zero-order valence-corrected chi connectivity index (χ0v) is 18.8. The fourth-order valence-corrected chi connectivity index (χ4v) is 5.16. The van der Waals surface area contributed by atoms with Gasteiger partial charge < -0.3 is 14.5 Å². The molecule has 4 rings (SSSR count). The van der Waals surface area contributed by atoms with Crippen LogP contribution in [0.5, 0.6) is 5.75 Å². The molecule has 0 saturated carbocycles. The number of carbonyl (C=O) groups is 2. The highest BCUT2D eigenvalue weighted by atomic mass is 16.5. The fourth-order valence-electron chi connectivity index (χ4n) is 5.16. The summed E-state index contributed by atoms with van der Waals surface area (Å²) in [6.07, 6.45) is 8.01. The summed E-state index contributed by atoms with van der Waals surface area (Å²) in [6.45, 7) is 6.36. The number of amides is 2. The van der Waals surface area contributed by atoms with Gasteiger partial charge in [-0.2, -0.15) is 0 Å². The summed E-state index contributed by atoms with van der Waals surface area (Å²) in [6, 6.07) is 9.86. The van der Waals surface area contributed by atoms with E-state index in [-0.39, 0.29) is 17.2 Å². The van der Waals surface area contributed by atoms with Gasteiger partial charge in [-0.25, -0.2) is 0 Å². The number of piperidine rings is 2. The van der Waals surface area contributed by atoms with E-state index in [9.17, 15) is 9.59 Å². The molecule has 3 fully saturated rings. The first kappa shape index (κ1) is 22.1. The Labute approximate surface area is 186 Å². The van der Waals surface area contributed by atoms with Crippen LogP contribution >= 0.6 is 0 Å². The van der Waals surface area contributed by atoms with Crippen LogP contribution in [0.4, 0.5) is 0 Å². The first-order valence-corrected chi connectivity index (χ1v) is 12.1. The third-order valence-corrected chi connectivity index (χ3v) is 7.26. The molecule has 0 unspecified atom stereocenters. The zero-order chi connectivity index (χ0) is 21.5. The van der Waals surface area contributed by atoms with Gasteiger partial charge in [0, 0.05) is 38.0 Å². The summed E-state index contributed by atoms with van der Waals surface area (Å²) < 4.78 is 6.16. The summed E-state index contributed by atoms with van der Waals surface area (Å²) >= 11 is 0. The molecule has 6 heteroatoms. The largest absolute Gasteiger partial charge is 0.493 e. The quantitative estimate of drug-likeness (QED) is 0.671. The van der Waals surface area contributed by atoms with Gasteiger partial charge >= 0.3 is 0 Å². The fraction of sp³-hybridized carbons (Fsp3) is 0.680. The maximum absolute atomic E-state index is 13.1. The third-order valence-electron chi connectivity index (χ3n) is 7.26. The van der Waals surface area contributed by atoms with Crippen molar-refractivity contribution in [3.05, 3.63) is 30.3 Å². The molecule has 31 heavy (non-hydrogen) atoms. The standard InChI is InChI=1S/C25H37N3O3/c29-23(27-15-5-2-6-16-27)19-25(21-31-22-9-3-1-4-10-22)11-17-28(18-12-25)24(30)20-26-13-7-8-14-26/h1,3-4,9-10H,2,5-8,11-21H2. The minimum Gasteiger partial charge on any atom is -0.493 e. The lowest BCUT2D eigenvalue weighted by Crippen LogP contribution is -2.50. The van der Waals surface area contributed by atoms with Gasteiger partial charge in [-0.15, -0.1) is 0 Å². The smallest absolute Gasteiger partial charge is 0.236 e. The number of hydrogen-bond acceptors (Lipinski definition) is 4. The molecule has 3 aliphatic rings. The van der Waals surface area contributed by atoms with Crippen LogP contribution in [0.25, 0.3) is 0 Å². The zero-order valence-electron chi connectivity index (χ0n) is 18.8. The van der Waals surface area contributed by atoms with Crippen molar-refractivity contribution in [3.63, 3.8) is 0 Å². The number of hydrogen-bond donors (Lipinski definition) is 0. The molecule has 0 aliphatic carbocycles. The van der Waals surface area contributed by atoms with E-state index < -0.39 is 0 Å². The van der Waals surface area contributed by atoms with Crippen molar-refractivity contribution in [2.75, 3.05) is 52.4 Å². The van der Waals surface area contributed by atoms with E-state index in [0.717, 1.165) is 70.7 Å². The van der Waals surface area contributed by atoms with E-state index in [1.165, 1.54) is 19.3 Å². The average molecular weight is 428 g/mol. The Kier molecular flexibility index (Phi) is 7.49. The van der Waals surface area contributed by atoms with Crippen LogP contribution in [0, 0.1) is 5.41 Å². The van der Waals surface area contributed by atoms with Crippen molar-refractivity contribution >= 4 is 11.8 Å². The molecule has 0 N–H and O–H groups in total. The lowest BCUT2D eigenvalue weighted by Gasteiger charge is -2.42. The lowest BCUT2D eigenvalue weighted by atomic mass is 9.75. The molecule has 170 valence electrons. The van der Waals surface area contributed by atoms with Gasteiger partial charge in [-0.3, -0.25) is 14.5 Å². The van der Waals surface area contributed by atoms with Crippen molar-refractivity contribution in [2.45, 2.75) is 51.4 Å². The molecule has 2 amide bonds. The molecule has 3 heterocycles. The van der Waals surface area contributed by atoms with E-state index in [0.29, 0.717) is 19.6 Å². The normalized spacial score (nSPS) is 21.8. The van der Waals surface area contributed by atoms with Gasteiger partial charge in [0.15, 0.2) is 0 Å². The second kappa shape index (κ2) is 10.5. The molecule has 3 saturated heterocycles. The Morgan fingerprint density at radius 3 is 2.06 bits per heavy atom. The highest BCUT2D eigenvalue weighted by molar-refractivity contribution is 5.79. The van der Waals surface area contributed by atoms with E-state index in [1.54, 1.807) is 0 Å². The van der Waals surface area contributed by atoms with E-state index in [2.05, 4.69) is 4.90 Å². The van der Waals surface area contributed by atoms with Crippen molar-refractivity contribution in [2.24, 2.45) is 5.41 Å². The molecule has 0 aromatic heterocycles. The summed E-state index contributed by atoms with van der Waals surface area (Å²) in [4.78, 5) is 32.2. The van der Waals surface area contributed by atoms with Crippen LogP contribution in [0.2, 0.25) is 0 Å². The van der Waals surface area contributed by atoms with Crippen molar-refractivity contribution in [1.82, 2.24) is 14.7 Å². The summed E-state index contributed by atoms with van der Waals surface area (Å²) in [5.41, 5.74) is -0.200. The van der Waals surface area contributed by atoms with Gasteiger partial charge in [-0.05, 0) is 70.2 Å². The lowest BCUT2D eigenvalue weighted by molar-refractivity contribution is -0.139. The predicted octanol–water partition coefficient (Wildman–Crippen LogP) is 3.17. The Hall–Kier alpha value is -2.08. The predicted molar refractivity (Wildman–Crippen MR) is 121 cm³/mol. The van der Waals surface area contributed by atoms with Crippen LogP contribution < -0.4 is 4.74 Å². The number of carbonyl (C=O) groups excluding carboxylic acids is 2. The Bertz CT molecular complexity index is 719. The number of benzene rings is 1. The van der Waals surface area contributed by atoms with Gasteiger partial charge in [0.2, 0.25) is 11.8 Å². The maximum atomic E-state index is 13.1. The molecule has 0 spiro atoms. The monoisotopic (exact) mass is 427 g/mol. The van der Waals surface area contributed by atoms with Crippen LogP contribution in [-0.4, -0.2) is 78.9 Å². The van der Waals surface area contributed by atoms with Gasteiger partial charge in [0.1, 0.15) is 5.75 Å². The molecule has 0 atom stereocenters. The highest BCUT2D eigenvalue weighted by Crippen LogP contribution is 2.37. The van der Waals surface area contributed by atoms with Crippen LogP contribution in [0.1, 0.15) is 51.4 Å². The minimum atomic E-state index is -0.200. The molecular weight excluding hydrogens is 390 g/mol. The molecule has 0 radical (unpaired) electrons. The molecular formula is C25H37N3O3. The van der Waals surface area contributed by atoms with E-state index in [4.69, 9.17) is 4.74 Å². The summed E-state index contributed by atoms with van der Waals surface area (Å²) in [5, 5.41) is 0. The van der Waals surface area contributed by atoms with Gasteiger partial charge in [0.25, 0.3) is 0 Å². The average Bonchev–Trinajstić information content (AvgIpc) is 3.32. The molecule has 6 nitrogen and oxygen atoms in total. The van der Waals surface area contributed by atoms with Crippen LogP contribution in [-0.2, 0) is 9.59 Å². The molecule has 3 aliphatic heterocycles. The van der Waals surface area contributed by atoms with Crippen LogP contribution in [0.15, 0.2) is 30.3 Å². The van der Waals surface area contributed by atoms with Gasteiger partial charge in [-0.1, -0.05) is 18.2 Å². The number of likely N-dealkylation sites (tertiary alicyclic amines) is 3. The van der Waals surface area contributed by atoms with E-state index in [1.807, 2.05) is 40.1 Å². The van der Waals surface area contributed by atoms with Crippen molar-refractivity contribution in [1.29, 1.82) is 0 Å². The SMILES string of the molecule is O=C(CN1CCCC1)N1CCC(COc2ccccc2)(CC(=O)N2CCCCC2)CC1. The second-order valence-electron chi connectivity index (χ2n) is 9.58. The summed E-state index contributed by atoms with van der Waals surface area (Å²) in [5.74, 6) is 1.34. The molecule has 1 aromatic rings. The van der Waals surface area contributed by atoms with Crippen molar-refractivity contribution in [3.8, 4) is 5.75 Å². The first-order chi connectivity index (χ1) is 15.1. The third kappa shape index (κ3) is 6.00. The summed E-state index contributed by atoms with van der Waals surface area (Å²) in [7, 11) is 0. The Balaban J connectivity index is 1.37. The minimum absolute atomic E-state index is 0.200. The number of para-hydroxylation sites is 1. The second-order valence-corrected chi connectivity index (χ2v) is 9.58. The number of nitrogens with zero attached hydrogens (tertiary/aromatic N) is 3. The van der Waals surface area contributed by atoms with Crippen LogP contribution in [0.3, 0.4) is 0 Å². The molecule has 1 aromatic carbocycles. The molecule has 0 bridgehead atoms. The topological polar surface area (TPSA) is 53.1 Å². The van der Waals surface area contributed by atoms with Crippen molar-refractivity contribution < 1.29 is 14.3 Å². The highest BCUT2D eigenvalue weighted by Gasteiger charge is 2.40. The Morgan fingerprint density at radius 2 is 1.39 bits per heavy atom. The first-order valence-electron chi connectivity index (χ1n) is 12.1. The number of ether oxygens (including phenoxy) is 1.